The van der Waals surface area contributed by atoms with Crippen LogP contribution in [-0.4, -0.2) is 38.8 Å². The van der Waals surface area contributed by atoms with E-state index in [1.165, 1.54) is 18.5 Å². The number of carboxylic acid groups (broad SMARTS) is 1. The molecular formula is C12H12FN5O3. The Bertz CT molecular complexity index is 644. The maximum absolute atomic E-state index is 13.6. The number of nitrogens with one attached hydrogen (secondary N) is 3. The molecule has 0 atom stereocenters. The van der Waals surface area contributed by atoms with Crippen LogP contribution in [0.5, 0.6) is 0 Å². The van der Waals surface area contributed by atoms with Crippen molar-refractivity contribution < 1.29 is 19.1 Å². The highest BCUT2D eigenvalue weighted by Crippen LogP contribution is 2.15. The zero-order valence-electron chi connectivity index (χ0n) is 10.8. The van der Waals surface area contributed by atoms with Crippen LogP contribution >= 0.6 is 0 Å². The van der Waals surface area contributed by atoms with Crippen molar-refractivity contribution in [3.05, 3.63) is 41.7 Å². The molecule has 9 heteroatoms. The third kappa shape index (κ3) is 4.00. The Morgan fingerprint density at radius 1 is 1.38 bits per heavy atom. The molecule has 1 aromatic carbocycles. The lowest BCUT2D eigenvalue weighted by atomic mass is 10.2. The van der Waals surface area contributed by atoms with Crippen molar-refractivity contribution in [3.8, 4) is 0 Å². The summed E-state index contributed by atoms with van der Waals surface area (Å²) in [6.45, 7) is 0.288. The lowest BCUT2D eigenvalue weighted by Gasteiger charge is -2.08. The van der Waals surface area contributed by atoms with E-state index in [1.807, 2.05) is 0 Å². The fourth-order valence-electron chi connectivity index (χ4n) is 1.56. The van der Waals surface area contributed by atoms with E-state index in [1.54, 1.807) is 0 Å². The number of aromatic carboxylic acids is 1. The summed E-state index contributed by atoms with van der Waals surface area (Å²) < 4.78 is 13.6. The maximum atomic E-state index is 13.6. The number of urea groups is 1. The summed E-state index contributed by atoms with van der Waals surface area (Å²) in [5, 5.41) is 19.8. The van der Waals surface area contributed by atoms with Gasteiger partial charge in [0.1, 0.15) is 18.0 Å². The van der Waals surface area contributed by atoms with Gasteiger partial charge in [-0.3, -0.25) is 5.10 Å². The Kier molecular flexibility index (Phi) is 4.44. The molecule has 0 unspecified atom stereocenters. The average molecular weight is 293 g/mol. The van der Waals surface area contributed by atoms with Crippen molar-refractivity contribution in [2.45, 2.75) is 6.42 Å². The summed E-state index contributed by atoms with van der Waals surface area (Å²) in [7, 11) is 0. The van der Waals surface area contributed by atoms with Gasteiger partial charge in [-0.1, -0.05) is 0 Å². The van der Waals surface area contributed by atoms with Crippen LogP contribution in [0.3, 0.4) is 0 Å². The standard InChI is InChI=1S/C12H12FN5O3/c13-8-5-7(11(19)20)1-2-9(8)17-12(21)14-4-3-10-15-6-16-18-10/h1-2,5-6H,3-4H2,(H,19,20)(H2,14,17,21)(H,15,16,18). The van der Waals surface area contributed by atoms with Crippen molar-refractivity contribution in [2.75, 3.05) is 11.9 Å². The van der Waals surface area contributed by atoms with E-state index < -0.39 is 17.8 Å². The number of anilines is 1. The second-order valence-corrected chi connectivity index (χ2v) is 4.06. The number of rotatable bonds is 5. The highest BCUT2D eigenvalue weighted by atomic mass is 19.1. The minimum Gasteiger partial charge on any atom is -0.478 e. The largest absolute Gasteiger partial charge is 0.478 e. The van der Waals surface area contributed by atoms with E-state index in [0.29, 0.717) is 12.2 Å². The average Bonchev–Trinajstić information content (AvgIpc) is 2.94. The summed E-state index contributed by atoms with van der Waals surface area (Å²) >= 11 is 0. The molecule has 0 saturated carbocycles. The van der Waals surface area contributed by atoms with E-state index in [4.69, 9.17) is 5.11 Å². The van der Waals surface area contributed by atoms with E-state index in [9.17, 15) is 14.0 Å². The summed E-state index contributed by atoms with van der Waals surface area (Å²) in [5.74, 6) is -1.44. The monoisotopic (exact) mass is 293 g/mol. The molecule has 4 N–H and O–H groups in total. The molecule has 110 valence electrons. The molecule has 2 amide bonds. The number of aromatic amines is 1. The lowest BCUT2D eigenvalue weighted by molar-refractivity contribution is 0.0696. The second-order valence-electron chi connectivity index (χ2n) is 4.06. The lowest BCUT2D eigenvalue weighted by Crippen LogP contribution is -2.31. The van der Waals surface area contributed by atoms with Crippen LogP contribution < -0.4 is 10.6 Å². The van der Waals surface area contributed by atoms with Gasteiger partial charge in [0.05, 0.1) is 11.3 Å². The molecular weight excluding hydrogens is 281 g/mol. The minimum atomic E-state index is -1.24. The molecule has 1 aromatic heterocycles. The van der Waals surface area contributed by atoms with Crippen molar-refractivity contribution in [1.82, 2.24) is 20.5 Å². The van der Waals surface area contributed by atoms with Crippen molar-refractivity contribution >= 4 is 17.7 Å². The molecule has 0 spiro atoms. The van der Waals surface area contributed by atoms with Crippen LogP contribution in [0.15, 0.2) is 24.5 Å². The topological polar surface area (TPSA) is 120 Å². The van der Waals surface area contributed by atoms with Gasteiger partial charge in [-0.05, 0) is 18.2 Å². The Balaban J connectivity index is 1.86. The van der Waals surface area contributed by atoms with Gasteiger partial charge in [-0.25, -0.2) is 19.0 Å². The van der Waals surface area contributed by atoms with Gasteiger partial charge in [-0.15, -0.1) is 0 Å². The van der Waals surface area contributed by atoms with Gasteiger partial charge in [0, 0.05) is 13.0 Å². The van der Waals surface area contributed by atoms with Gasteiger partial charge < -0.3 is 15.7 Å². The third-order valence-corrected chi connectivity index (χ3v) is 2.58. The fraction of sp³-hybridized carbons (Fsp3) is 0.167. The molecule has 2 aromatic rings. The smallest absolute Gasteiger partial charge is 0.335 e. The summed E-state index contributed by atoms with van der Waals surface area (Å²) in [6.07, 6.45) is 1.81. The summed E-state index contributed by atoms with van der Waals surface area (Å²) in [4.78, 5) is 26.1. The first-order chi connectivity index (χ1) is 10.1. The Morgan fingerprint density at radius 3 is 2.81 bits per heavy atom. The quantitative estimate of drug-likeness (QED) is 0.655. The SMILES string of the molecule is O=C(NCCc1ncn[nH]1)Nc1ccc(C(=O)O)cc1F. The molecule has 0 saturated heterocycles. The van der Waals surface area contributed by atoms with Crippen LogP contribution in [-0.2, 0) is 6.42 Å². The number of carbonyl (C=O) groups excluding carboxylic acids is 1. The number of benzene rings is 1. The fourth-order valence-corrected chi connectivity index (χ4v) is 1.56. The van der Waals surface area contributed by atoms with Crippen LogP contribution in [0.2, 0.25) is 0 Å². The van der Waals surface area contributed by atoms with E-state index >= 15 is 0 Å². The zero-order valence-corrected chi connectivity index (χ0v) is 10.8. The first-order valence-electron chi connectivity index (χ1n) is 5.98. The molecule has 0 bridgehead atoms. The number of hydrogen-bond acceptors (Lipinski definition) is 4. The van der Waals surface area contributed by atoms with Crippen LogP contribution in [0.1, 0.15) is 16.2 Å². The van der Waals surface area contributed by atoms with Gasteiger partial charge >= 0.3 is 12.0 Å². The summed E-state index contributed by atoms with van der Waals surface area (Å²) in [5.41, 5.74) is -0.291. The van der Waals surface area contributed by atoms with Crippen LogP contribution in [0.4, 0.5) is 14.9 Å². The predicted molar refractivity (Wildman–Crippen MR) is 70.5 cm³/mol. The number of aromatic nitrogens is 3. The third-order valence-electron chi connectivity index (χ3n) is 2.58. The van der Waals surface area contributed by atoms with Crippen molar-refractivity contribution in [1.29, 1.82) is 0 Å². The predicted octanol–water partition coefficient (Wildman–Crippen LogP) is 1.01. The van der Waals surface area contributed by atoms with Crippen LogP contribution in [0.25, 0.3) is 0 Å². The van der Waals surface area contributed by atoms with Crippen LogP contribution in [0, 0.1) is 5.82 Å². The van der Waals surface area contributed by atoms with E-state index in [2.05, 4.69) is 25.8 Å². The second kappa shape index (κ2) is 6.46. The number of halogens is 1. The maximum Gasteiger partial charge on any atom is 0.335 e. The summed E-state index contributed by atoms with van der Waals surface area (Å²) in [6, 6.07) is 2.63. The normalized spacial score (nSPS) is 10.1. The van der Waals surface area contributed by atoms with Gasteiger partial charge in [0.2, 0.25) is 0 Å². The Morgan fingerprint density at radius 2 is 2.19 bits per heavy atom. The molecule has 0 aliphatic carbocycles. The molecule has 2 rings (SSSR count). The molecule has 0 radical (unpaired) electrons. The van der Waals surface area contributed by atoms with Gasteiger partial charge in [-0.2, -0.15) is 5.10 Å². The zero-order chi connectivity index (χ0) is 15.2. The number of nitrogens with zero attached hydrogens (tertiary/aromatic N) is 2. The number of hydrogen-bond donors (Lipinski definition) is 4. The molecule has 1 heterocycles. The van der Waals surface area contributed by atoms with Gasteiger partial charge in [0.15, 0.2) is 0 Å². The Hall–Kier alpha value is -2.97. The Labute approximate surface area is 118 Å². The molecule has 0 fully saturated rings. The molecule has 0 aliphatic heterocycles. The van der Waals surface area contributed by atoms with Crippen molar-refractivity contribution in [2.24, 2.45) is 0 Å². The van der Waals surface area contributed by atoms with Gasteiger partial charge in [0.25, 0.3) is 0 Å². The van der Waals surface area contributed by atoms with E-state index in [-0.39, 0.29) is 17.8 Å². The number of carbonyl (C=O) groups is 2. The van der Waals surface area contributed by atoms with Crippen molar-refractivity contribution in [3.63, 3.8) is 0 Å². The highest BCUT2D eigenvalue weighted by molar-refractivity contribution is 5.91. The van der Waals surface area contributed by atoms with E-state index in [0.717, 1.165) is 6.07 Å². The number of amides is 2. The number of carboxylic acids is 1. The molecule has 0 aliphatic rings. The molecule has 21 heavy (non-hydrogen) atoms. The minimum absolute atomic E-state index is 0.0998. The number of H-pyrrole nitrogens is 1. The molecule has 8 nitrogen and oxygen atoms in total. The first kappa shape index (κ1) is 14.4. The highest BCUT2D eigenvalue weighted by Gasteiger charge is 2.10. The first-order valence-corrected chi connectivity index (χ1v) is 5.98.